The Morgan fingerprint density at radius 2 is 1.79 bits per heavy atom. The van der Waals surface area contributed by atoms with Gasteiger partial charge in [0.05, 0.1) is 6.42 Å². The number of hydrogen-bond acceptors (Lipinski definition) is 6. The minimum atomic E-state index is -0.750. The summed E-state index contributed by atoms with van der Waals surface area (Å²) in [6, 6.07) is 12.6. The average Bonchev–Trinajstić information content (AvgIpc) is 3.60. The summed E-state index contributed by atoms with van der Waals surface area (Å²) < 4.78 is 11.0. The van der Waals surface area contributed by atoms with E-state index < -0.39 is 6.04 Å². The van der Waals surface area contributed by atoms with E-state index in [1.54, 1.807) is 17.0 Å². The maximum atomic E-state index is 13.7. The van der Waals surface area contributed by atoms with Crippen molar-refractivity contribution in [2.45, 2.75) is 50.6 Å². The van der Waals surface area contributed by atoms with Crippen LogP contribution < -0.4 is 19.7 Å². The number of benzene rings is 1. The van der Waals surface area contributed by atoms with Crippen LogP contribution in [-0.4, -0.2) is 24.6 Å². The zero-order valence-electron chi connectivity index (χ0n) is 18.2. The molecule has 0 spiro atoms. The lowest BCUT2D eigenvalue weighted by atomic mass is 9.95. The summed E-state index contributed by atoms with van der Waals surface area (Å²) in [6.07, 6.45) is 5.65. The SMILES string of the molecule is O=C(NC1CCCCC1)C(c1cccs1)N(C(=O)Cc1cccs1)c1ccc2c(c1)OCO2. The first-order chi connectivity index (χ1) is 16.2. The van der Waals surface area contributed by atoms with Crippen LogP contribution in [0.15, 0.2) is 53.2 Å². The Hall–Kier alpha value is -2.84. The summed E-state index contributed by atoms with van der Waals surface area (Å²) in [5.74, 6) is 0.956. The largest absolute Gasteiger partial charge is 0.454 e. The minimum Gasteiger partial charge on any atom is -0.454 e. The average molecular weight is 483 g/mol. The summed E-state index contributed by atoms with van der Waals surface area (Å²) >= 11 is 3.03. The fourth-order valence-corrected chi connectivity index (χ4v) is 5.98. The number of rotatable bonds is 7. The van der Waals surface area contributed by atoms with Crippen LogP contribution in [0.1, 0.15) is 47.9 Å². The predicted molar refractivity (Wildman–Crippen MR) is 130 cm³/mol. The Kier molecular flexibility index (Phi) is 6.64. The third-order valence-electron chi connectivity index (χ3n) is 6.08. The number of hydrogen-bond donors (Lipinski definition) is 1. The number of carbonyl (C=O) groups is 2. The molecule has 0 radical (unpaired) electrons. The Labute approximate surface area is 201 Å². The molecule has 1 aliphatic carbocycles. The maximum absolute atomic E-state index is 13.7. The molecule has 1 aromatic carbocycles. The van der Waals surface area contributed by atoms with Crippen molar-refractivity contribution in [2.24, 2.45) is 0 Å². The number of fused-ring (bicyclic) bond motifs is 1. The standard InChI is InChI=1S/C25H26N2O4S2/c28-23(15-19-8-4-12-32-19)27(18-10-11-20-21(14-18)31-16-30-20)24(22-9-5-13-33-22)25(29)26-17-6-2-1-3-7-17/h4-5,8-14,17,24H,1-3,6-7,15-16H2,(H,26,29). The van der Waals surface area contributed by atoms with Crippen molar-refractivity contribution < 1.29 is 19.1 Å². The van der Waals surface area contributed by atoms with Crippen molar-refractivity contribution in [1.82, 2.24) is 5.32 Å². The van der Waals surface area contributed by atoms with E-state index >= 15 is 0 Å². The fourth-order valence-electron chi connectivity index (χ4n) is 4.47. The van der Waals surface area contributed by atoms with Gasteiger partial charge in [0.2, 0.25) is 18.6 Å². The lowest BCUT2D eigenvalue weighted by Crippen LogP contribution is -2.47. The van der Waals surface area contributed by atoms with Gasteiger partial charge in [-0.05, 0) is 47.9 Å². The Morgan fingerprint density at radius 3 is 2.55 bits per heavy atom. The van der Waals surface area contributed by atoms with Crippen LogP contribution in [0, 0.1) is 0 Å². The van der Waals surface area contributed by atoms with E-state index in [-0.39, 0.29) is 31.1 Å². The summed E-state index contributed by atoms with van der Waals surface area (Å²) in [5, 5.41) is 7.14. The Morgan fingerprint density at radius 1 is 1.00 bits per heavy atom. The van der Waals surface area contributed by atoms with Crippen LogP contribution in [-0.2, 0) is 16.0 Å². The van der Waals surface area contributed by atoms with Crippen LogP contribution in [0.25, 0.3) is 0 Å². The molecule has 1 fully saturated rings. The highest BCUT2D eigenvalue weighted by atomic mass is 32.1. The number of nitrogens with one attached hydrogen (secondary N) is 1. The molecule has 5 rings (SSSR count). The van der Waals surface area contributed by atoms with Crippen molar-refractivity contribution >= 4 is 40.2 Å². The Bertz CT molecular complexity index is 1090. The van der Waals surface area contributed by atoms with Gasteiger partial charge in [0.25, 0.3) is 0 Å². The molecule has 1 aliphatic heterocycles. The first-order valence-electron chi connectivity index (χ1n) is 11.3. The molecule has 2 aromatic heterocycles. The highest BCUT2D eigenvalue weighted by Gasteiger charge is 2.35. The number of thiophene rings is 2. The zero-order chi connectivity index (χ0) is 22.6. The van der Waals surface area contributed by atoms with Crippen molar-refractivity contribution in [3.05, 3.63) is 63.0 Å². The topological polar surface area (TPSA) is 67.9 Å². The molecule has 1 saturated carbocycles. The molecule has 0 saturated heterocycles. The van der Waals surface area contributed by atoms with Gasteiger partial charge in [-0.3, -0.25) is 14.5 Å². The van der Waals surface area contributed by atoms with Gasteiger partial charge in [-0.25, -0.2) is 0 Å². The minimum absolute atomic E-state index is 0.131. The molecule has 1 N–H and O–H groups in total. The third-order valence-corrected chi connectivity index (χ3v) is 7.88. The number of ether oxygens (including phenoxy) is 2. The van der Waals surface area contributed by atoms with E-state index in [0.29, 0.717) is 17.2 Å². The molecule has 1 atom stereocenters. The highest BCUT2D eigenvalue weighted by molar-refractivity contribution is 7.10. The summed E-state index contributed by atoms with van der Waals surface area (Å²) in [5.41, 5.74) is 0.623. The highest BCUT2D eigenvalue weighted by Crippen LogP contribution is 2.39. The van der Waals surface area contributed by atoms with E-state index in [1.807, 2.05) is 41.1 Å². The van der Waals surface area contributed by atoms with Gasteiger partial charge in [0, 0.05) is 27.5 Å². The molecule has 172 valence electrons. The quantitative estimate of drug-likeness (QED) is 0.496. The first kappa shape index (κ1) is 22.0. The third kappa shape index (κ3) is 4.91. The molecule has 2 amide bonds. The molecule has 0 bridgehead atoms. The van der Waals surface area contributed by atoms with Gasteiger partial charge in [-0.1, -0.05) is 31.4 Å². The molecule has 6 nitrogen and oxygen atoms in total. The molecule has 3 aromatic rings. The second kappa shape index (κ2) is 9.97. The van der Waals surface area contributed by atoms with Gasteiger partial charge >= 0.3 is 0 Å². The summed E-state index contributed by atoms with van der Waals surface area (Å²) in [4.78, 5) is 30.9. The fraction of sp³-hybridized carbons (Fsp3) is 0.360. The molecule has 8 heteroatoms. The van der Waals surface area contributed by atoms with Gasteiger partial charge in [-0.2, -0.15) is 0 Å². The smallest absolute Gasteiger partial charge is 0.248 e. The van der Waals surface area contributed by atoms with E-state index in [2.05, 4.69) is 5.32 Å². The summed E-state index contributed by atoms with van der Waals surface area (Å²) in [6.45, 7) is 0.151. The summed E-state index contributed by atoms with van der Waals surface area (Å²) in [7, 11) is 0. The molecule has 33 heavy (non-hydrogen) atoms. The zero-order valence-corrected chi connectivity index (χ0v) is 19.8. The number of anilines is 1. The first-order valence-corrected chi connectivity index (χ1v) is 13.0. The van der Waals surface area contributed by atoms with E-state index in [9.17, 15) is 9.59 Å². The number of nitrogens with zero attached hydrogens (tertiary/aromatic N) is 1. The van der Waals surface area contributed by atoms with Gasteiger partial charge in [-0.15, -0.1) is 22.7 Å². The molecule has 2 aliphatic rings. The lowest BCUT2D eigenvalue weighted by molar-refractivity contribution is -0.127. The van der Waals surface area contributed by atoms with Gasteiger partial charge < -0.3 is 14.8 Å². The van der Waals surface area contributed by atoms with Gasteiger partial charge in [0.15, 0.2) is 11.5 Å². The van der Waals surface area contributed by atoms with E-state index in [4.69, 9.17) is 9.47 Å². The second-order valence-electron chi connectivity index (χ2n) is 8.32. The van der Waals surface area contributed by atoms with Crippen molar-refractivity contribution in [3.63, 3.8) is 0 Å². The van der Waals surface area contributed by atoms with Crippen LogP contribution in [0.3, 0.4) is 0 Å². The van der Waals surface area contributed by atoms with E-state index in [1.165, 1.54) is 29.1 Å². The van der Waals surface area contributed by atoms with Gasteiger partial charge in [0.1, 0.15) is 6.04 Å². The van der Waals surface area contributed by atoms with E-state index in [0.717, 1.165) is 35.4 Å². The number of amides is 2. The lowest BCUT2D eigenvalue weighted by Gasteiger charge is -2.32. The van der Waals surface area contributed by atoms with Crippen LogP contribution in [0.5, 0.6) is 11.5 Å². The van der Waals surface area contributed by atoms with Crippen molar-refractivity contribution in [3.8, 4) is 11.5 Å². The normalized spacial score (nSPS) is 16.4. The van der Waals surface area contributed by atoms with Crippen LogP contribution >= 0.6 is 22.7 Å². The van der Waals surface area contributed by atoms with Crippen LogP contribution in [0.2, 0.25) is 0 Å². The Balaban J connectivity index is 1.52. The second-order valence-corrected chi connectivity index (χ2v) is 10.3. The molecular weight excluding hydrogens is 456 g/mol. The van der Waals surface area contributed by atoms with Crippen molar-refractivity contribution in [2.75, 3.05) is 11.7 Å². The monoisotopic (exact) mass is 482 g/mol. The maximum Gasteiger partial charge on any atom is 0.248 e. The molecule has 3 heterocycles. The number of carbonyl (C=O) groups excluding carboxylic acids is 2. The molecular formula is C25H26N2O4S2. The molecule has 1 unspecified atom stereocenters. The van der Waals surface area contributed by atoms with Crippen LogP contribution in [0.4, 0.5) is 5.69 Å². The van der Waals surface area contributed by atoms with Crippen molar-refractivity contribution in [1.29, 1.82) is 0 Å². The predicted octanol–water partition coefficient (Wildman–Crippen LogP) is 5.30.